The number of carbonyl (C=O) groups excluding carboxylic acids is 1. The summed E-state index contributed by atoms with van der Waals surface area (Å²) in [6.07, 6.45) is 1.66. The third kappa shape index (κ3) is 4.87. The largest absolute Gasteiger partial charge is 0.384 e. The first-order valence-corrected chi connectivity index (χ1v) is 6.53. The fraction of sp³-hybridized carbons (Fsp3) is 0.571. The number of pyridine rings is 1. The number of anilines is 1. The molecule has 106 valence electrons. The first-order valence-electron chi connectivity index (χ1n) is 6.53. The van der Waals surface area contributed by atoms with Crippen LogP contribution in [0.5, 0.6) is 0 Å². The average Bonchev–Trinajstić information content (AvgIpc) is 2.37. The Morgan fingerprint density at radius 3 is 2.63 bits per heavy atom. The molecule has 0 fully saturated rings. The Morgan fingerprint density at radius 2 is 2.05 bits per heavy atom. The Morgan fingerprint density at radius 1 is 1.37 bits per heavy atom. The molecule has 1 rings (SSSR count). The predicted molar refractivity (Wildman–Crippen MR) is 78.5 cm³/mol. The van der Waals surface area contributed by atoms with E-state index in [-0.39, 0.29) is 5.91 Å². The van der Waals surface area contributed by atoms with Gasteiger partial charge >= 0.3 is 0 Å². The van der Waals surface area contributed by atoms with Crippen LogP contribution in [0.1, 0.15) is 24.3 Å². The molecule has 5 heteroatoms. The summed E-state index contributed by atoms with van der Waals surface area (Å²) in [4.78, 5) is 19.7. The van der Waals surface area contributed by atoms with Crippen molar-refractivity contribution in [3.05, 3.63) is 24.0 Å². The van der Waals surface area contributed by atoms with Crippen molar-refractivity contribution < 1.29 is 4.79 Å². The second-order valence-corrected chi connectivity index (χ2v) is 5.13. The van der Waals surface area contributed by atoms with Gasteiger partial charge in [0.25, 0.3) is 5.91 Å². The number of carbonyl (C=O) groups is 1. The molecule has 1 aromatic heterocycles. The van der Waals surface area contributed by atoms with E-state index in [1.165, 1.54) is 4.90 Å². The van der Waals surface area contributed by atoms with E-state index >= 15 is 0 Å². The van der Waals surface area contributed by atoms with Crippen molar-refractivity contribution in [3.8, 4) is 0 Å². The van der Waals surface area contributed by atoms with Crippen molar-refractivity contribution in [1.82, 2.24) is 14.8 Å². The summed E-state index contributed by atoms with van der Waals surface area (Å²) in [5.41, 5.74) is 1.39. The van der Waals surface area contributed by atoms with E-state index in [1.54, 1.807) is 26.4 Å². The van der Waals surface area contributed by atoms with Crippen LogP contribution < -0.4 is 5.32 Å². The summed E-state index contributed by atoms with van der Waals surface area (Å²) < 4.78 is 0. The number of rotatable bonds is 6. The molecule has 5 nitrogen and oxygen atoms in total. The molecule has 0 radical (unpaired) electrons. The first-order chi connectivity index (χ1) is 8.91. The molecule has 0 unspecified atom stereocenters. The topological polar surface area (TPSA) is 48.5 Å². The Balaban J connectivity index is 2.56. The lowest BCUT2D eigenvalue weighted by atomic mass is 10.3. The predicted octanol–water partition coefficient (Wildman–Crippen LogP) is 1.54. The van der Waals surface area contributed by atoms with Crippen LogP contribution in [0.2, 0.25) is 0 Å². The Kier molecular flexibility index (Phi) is 5.76. The molecule has 1 heterocycles. The molecule has 0 saturated heterocycles. The van der Waals surface area contributed by atoms with E-state index in [2.05, 4.69) is 36.1 Å². The van der Waals surface area contributed by atoms with Crippen LogP contribution in [0.15, 0.2) is 18.3 Å². The normalized spacial score (nSPS) is 10.9. The van der Waals surface area contributed by atoms with E-state index < -0.39 is 0 Å². The molecule has 1 N–H and O–H groups in total. The zero-order chi connectivity index (χ0) is 14.4. The molecular formula is C14H24N4O. The minimum Gasteiger partial charge on any atom is -0.384 e. The molecule has 0 aliphatic heterocycles. The highest BCUT2D eigenvalue weighted by Gasteiger charge is 2.09. The van der Waals surface area contributed by atoms with Crippen molar-refractivity contribution in [2.75, 3.05) is 39.5 Å². The lowest BCUT2D eigenvalue weighted by molar-refractivity contribution is 0.0822. The lowest BCUT2D eigenvalue weighted by Crippen LogP contribution is -2.31. The van der Waals surface area contributed by atoms with Crippen LogP contribution >= 0.6 is 0 Å². The summed E-state index contributed by atoms with van der Waals surface area (Å²) in [7, 11) is 5.54. The molecule has 0 aliphatic carbocycles. The second-order valence-electron chi connectivity index (χ2n) is 5.13. The van der Waals surface area contributed by atoms with Gasteiger partial charge in [0.2, 0.25) is 0 Å². The summed E-state index contributed by atoms with van der Waals surface area (Å²) in [6.45, 7) is 6.13. The van der Waals surface area contributed by atoms with Crippen LogP contribution in [0.3, 0.4) is 0 Å². The van der Waals surface area contributed by atoms with Gasteiger partial charge in [-0.25, -0.2) is 0 Å². The SMILES string of the molecule is CC(C)N(C)CCNc1ccnc(C(=O)N(C)C)c1. The Labute approximate surface area is 115 Å². The molecule has 0 bridgehead atoms. The molecular weight excluding hydrogens is 240 g/mol. The van der Waals surface area contributed by atoms with E-state index in [9.17, 15) is 4.79 Å². The zero-order valence-electron chi connectivity index (χ0n) is 12.5. The van der Waals surface area contributed by atoms with Crippen molar-refractivity contribution in [1.29, 1.82) is 0 Å². The Hall–Kier alpha value is -1.62. The molecule has 1 amide bonds. The minimum atomic E-state index is -0.0806. The highest BCUT2D eigenvalue weighted by Crippen LogP contribution is 2.09. The van der Waals surface area contributed by atoms with Crippen LogP contribution in [0.25, 0.3) is 0 Å². The molecule has 0 aromatic carbocycles. The molecule has 0 spiro atoms. The van der Waals surface area contributed by atoms with Crippen LogP contribution in [0, 0.1) is 0 Å². The number of nitrogens with zero attached hydrogens (tertiary/aromatic N) is 3. The van der Waals surface area contributed by atoms with Gasteiger partial charge in [0.1, 0.15) is 5.69 Å². The van der Waals surface area contributed by atoms with Gasteiger partial charge in [-0.3, -0.25) is 9.78 Å². The van der Waals surface area contributed by atoms with Gasteiger partial charge in [-0.05, 0) is 33.0 Å². The number of hydrogen-bond donors (Lipinski definition) is 1. The van der Waals surface area contributed by atoms with Gasteiger partial charge in [-0.15, -0.1) is 0 Å². The van der Waals surface area contributed by atoms with Gasteiger partial charge < -0.3 is 15.1 Å². The quantitative estimate of drug-likeness (QED) is 0.846. The van der Waals surface area contributed by atoms with Crippen molar-refractivity contribution in [3.63, 3.8) is 0 Å². The van der Waals surface area contributed by atoms with E-state index in [4.69, 9.17) is 0 Å². The number of aromatic nitrogens is 1. The maximum Gasteiger partial charge on any atom is 0.272 e. The van der Waals surface area contributed by atoms with Crippen LogP contribution in [-0.4, -0.2) is 61.0 Å². The Bertz CT molecular complexity index is 418. The molecule has 0 aliphatic rings. The maximum absolute atomic E-state index is 11.8. The van der Waals surface area contributed by atoms with E-state index in [0.717, 1.165) is 18.8 Å². The van der Waals surface area contributed by atoms with Gasteiger partial charge in [0.05, 0.1) is 0 Å². The summed E-state index contributed by atoms with van der Waals surface area (Å²) in [5, 5.41) is 3.31. The van der Waals surface area contributed by atoms with Crippen LogP contribution in [-0.2, 0) is 0 Å². The zero-order valence-corrected chi connectivity index (χ0v) is 12.5. The monoisotopic (exact) mass is 264 g/mol. The third-order valence-corrected chi connectivity index (χ3v) is 3.06. The van der Waals surface area contributed by atoms with Gasteiger partial charge in [0, 0.05) is 45.1 Å². The number of hydrogen-bond acceptors (Lipinski definition) is 4. The van der Waals surface area contributed by atoms with Crippen molar-refractivity contribution in [2.24, 2.45) is 0 Å². The molecule has 1 aromatic rings. The van der Waals surface area contributed by atoms with Gasteiger partial charge in [-0.2, -0.15) is 0 Å². The number of likely N-dealkylation sites (N-methyl/N-ethyl adjacent to an activating group) is 1. The molecule has 0 saturated carbocycles. The maximum atomic E-state index is 11.8. The second kappa shape index (κ2) is 7.09. The fourth-order valence-electron chi connectivity index (χ4n) is 1.52. The lowest BCUT2D eigenvalue weighted by Gasteiger charge is -2.21. The summed E-state index contributed by atoms with van der Waals surface area (Å²) >= 11 is 0. The van der Waals surface area contributed by atoms with Gasteiger partial charge in [0.15, 0.2) is 0 Å². The third-order valence-electron chi connectivity index (χ3n) is 3.06. The average molecular weight is 264 g/mol. The standard InChI is InChI=1S/C14H24N4O/c1-11(2)18(5)9-8-15-12-6-7-16-13(10-12)14(19)17(3)4/h6-7,10-11H,8-9H2,1-5H3,(H,15,16). The summed E-state index contributed by atoms with van der Waals surface area (Å²) in [6, 6.07) is 4.20. The number of amides is 1. The summed E-state index contributed by atoms with van der Waals surface area (Å²) in [5.74, 6) is -0.0806. The minimum absolute atomic E-state index is 0.0806. The fourth-order valence-corrected chi connectivity index (χ4v) is 1.52. The highest BCUT2D eigenvalue weighted by molar-refractivity contribution is 5.92. The van der Waals surface area contributed by atoms with Gasteiger partial charge in [-0.1, -0.05) is 0 Å². The van der Waals surface area contributed by atoms with Crippen LogP contribution in [0.4, 0.5) is 5.69 Å². The number of nitrogens with one attached hydrogen (secondary N) is 1. The van der Waals surface area contributed by atoms with E-state index in [1.807, 2.05) is 6.07 Å². The van der Waals surface area contributed by atoms with Crippen molar-refractivity contribution >= 4 is 11.6 Å². The first kappa shape index (κ1) is 15.4. The molecule has 0 atom stereocenters. The van der Waals surface area contributed by atoms with E-state index in [0.29, 0.717) is 11.7 Å². The van der Waals surface area contributed by atoms with Crippen molar-refractivity contribution in [2.45, 2.75) is 19.9 Å². The smallest absolute Gasteiger partial charge is 0.272 e. The molecule has 19 heavy (non-hydrogen) atoms. The highest BCUT2D eigenvalue weighted by atomic mass is 16.2.